The first-order valence-electron chi connectivity index (χ1n) is 8.49. The van der Waals surface area contributed by atoms with E-state index in [-0.39, 0.29) is 11.4 Å². The van der Waals surface area contributed by atoms with Crippen molar-refractivity contribution in [2.24, 2.45) is 0 Å². The zero-order chi connectivity index (χ0) is 20.4. The summed E-state index contributed by atoms with van der Waals surface area (Å²) in [5, 5.41) is 21.5. The quantitative estimate of drug-likeness (QED) is 0.547. The molecule has 0 N–H and O–H groups in total. The first-order chi connectivity index (χ1) is 14.0. The number of hydrogen-bond donors (Lipinski definition) is 0. The first kappa shape index (κ1) is 18.3. The van der Waals surface area contributed by atoms with Gasteiger partial charge in [-0.05, 0) is 24.3 Å². The van der Waals surface area contributed by atoms with Crippen LogP contribution in [0.25, 0.3) is 0 Å². The third-order valence-corrected chi connectivity index (χ3v) is 4.25. The Kier molecular flexibility index (Phi) is 4.73. The Bertz CT molecular complexity index is 894. The van der Waals surface area contributed by atoms with Crippen LogP contribution < -0.4 is 9.80 Å². The van der Waals surface area contributed by atoms with Gasteiger partial charge >= 0.3 is 0 Å². The zero-order valence-electron chi connectivity index (χ0n) is 15.0. The van der Waals surface area contributed by atoms with Gasteiger partial charge in [0.1, 0.15) is 0 Å². The van der Waals surface area contributed by atoms with Gasteiger partial charge in [-0.25, -0.2) is 0 Å². The zero-order valence-corrected chi connectivity index (χ0v) is 15.0. The van der Waals surface area contributed by atoms with Crippen LogP contribution in [-0.2, 0) is 0 Å². The van der Waals surface area contributed by atoms with Gasteiger partial charge in [0.05, 0.1) is 16.5 Å². The van der Waals surface area contributed by atoms with E-state index in [0.29, 0.717) is 6.67 Å². The predicted octanol–water partition coefficient (Wildman–Crippen LogP) is 3.34. The summed E-state index contributed by atoms with van der Waals surface area (Å²) in [6.45, 7) is 6.71. The third-order valence-electron chi connectivity index (χ3n) is 4.25. The summed E-state index contributed by atoms with van der Waals surface area (Å²) in [5.74, 6) is 0. The molecule has 144 valence electrons. The fourth-order valence-electron chi connectivity index (χ4n) is 2.78. The topological polar surface area (TPSA) is 99.2 Å². The molecule has 2 heterocycles. The molecule has 4 rings (SSSR count). The van der Waals surface area contributed by atoms with E-state index in [1.807, 2.05) is 12.4 Å². The maximum Gasteiger partial charge on any atom is 0.269 e. The Hall–Kier alpha value is -4.08. The van der Waals surface area contributed by atoms with Crippen molar-refractivity contribution in [3.05, 3.63) is 107 Å². The second-order valence-electron chi connectivity index (χ2n) is 6.16. The number of hydrogen-bond acceptors (Lipinski definition) is 8. The van der Waals surface area contributed by atoms with Crippen molar-refractivity contribution >= 4 is 22.7 Å². The Labute approximate surface area is 166 Å². The standard InChI is InChI=1S/C19H14N6O4/c26-24(27)18-5-1-16(2-6-18)22-11-9-20(14-22)13-21-10-12-23(15-21)17-3-7-19(8-4-17)25(28)29/h1-12H,13H2. The van der Waals surface area contributed by atoms with Crippen LogP contribution in [-0.4, -0.2) is 26.3 Å². The predicted molar refractivity (Wildman–Crippen MR) is 104 cm³/mol. The third kappa shape index (κ3) is 3.95. The van der Waals surface area contributed by atoms with E-state index in [1.54, 1.807) is 56.3 Å². The molecule has 10 heteroatoms. The van der Waals surface area contributed by atoms with Crippen molar-refractivity contribution in [2.45, 2.75) is 0 Å². The lowest BCUT2D eigenvalue weighted by Gasteiger charge is -2.24. The lowest BCUT2D eigenvalue weighted by atomic mass is 10.3. The van der Waals surface area contributed by atoms with Crippen molar-refractivity contribution in [2.75, 3.05) is 16.5 Å². The molecule has 0 atom stereocenters. The van der Waals surface area contributed by atoms with Crippen LogP contribution in [0.1, 0.15) is 0 Å². The van der Waals surface area contributed by atoms with Gasteiger partial charge in [-0.3, -0.25) is 20.2 Å². The minimum absolute atomic E-state index is 0.0338. The molecule has 2 aromatic rings. The number of rotatable bonds is 6. The summed E-state index contributed by atoms with van der Waals surface area (Å²) in [7, 11) is 0. The van der Waals surface area contributed by atoms with Gasteiger partial charge in [-0.2, -0.15) is 0 Å². The van der Waals surface area contributed by atoms with E-state index in [9.17, 15) is 20.2 Å². The van der Waals surface area contributed by atoms with Crippen LogP contribution in [0, 0.1) is 33.6 Å². The molecule has 0 saturated heterocycles. The lowest BCUT2D eigenvalue weighted by Crippen LogP contribution is -2.30. The smallest absolute Gasteiger partial charge is 0.269 e. The van der Waals surface area contributed by atoms with E-state index in [0.717, 1.165) is 11.4 Å². The molecule has 0 amide bonds. The molecule has 2 aliphatic heterocycles. The fraction of sp³-hybridized carbons (Fsp3) is 0.0526. The Balaban J connectivity index is 1.31. The second kappa shape index (κ2) is 7.50. The highest BCUT2D eigenvalue weighted by atomic mass is 16.6. The first-order valence-corrected chi connectivity index (χ1v) is 8.49. The van der Waals surface area contributed by atoms with Crippen LogP contribution in [0.15, 0.2) is 73.3 Å². The van der Waals surface area contributed by atoms with Crippen molar-refractivity contribution in [1.29, 1.82) is 0 Å². The summed E-state index contributed by atoms with van der Waals surface area (Å²) in [4.78, 5) is 27.7. The molecular formula is C19H14N6O4. The number of non-ortho nitro benzene ring substituents is 2. The average molecular weight is 390 g/mol. The molecule has 0 unspecified atom stereocenters. The molecule has 0 fully saturated rings. The summed E-state index contributed by atoms with van der Waals surface area (Å²) < 4.78 is 0. The minimum atomic E-state index is -0.439. The Morgan fingerprint density at radius 1 is 0.655 bits per heavy atom. The van der Waals surface area contributed by atoms with Crippen LogP contribution in [0.4, 0.5) is 22.7 Å². The van der Waals surface area contributed by atoms with Gasteiger partial charge in [0.2, 0.25) is 13.3 Å². The van der Waals surface area contributed by atoms with Crippen LogP contribution in [0.3, 0.4) is 0 Å². The highest BCUT2D eigenvalue weighted by molar-refractivity contribution is 5.56. The Morgan fingerprint density at radius 2 is 1.03 bits per heavy atom. The number of anilines is 2. The van der Waals surface area contributed by atoms with E-state index < -0.39 is 9.85 Å². The molecule has 10 nitrogen and oxygen atoms in total. The molecule has 0 aromatic heterocycles. The van der Waals surface area contributed by atoms with E-state index in [2.05, 4.69) is 13.3 Å². The van der Waals surface area contributed by atoms with Gasteiger partial charge < -0.3 is 19.6 Å². The number of nitro benzene ring substituents is 2. The molecule has 0 bridgehead atoms. The highest BCUT2D eigenvalue weighted by Crippen LogP contribution is 2.27. The largest absolute Gasteiger partial charge is 0.328 e. The van der Waals surface area contributed by atoms with Gasteiger partial charge in [0.15, 0.2) is 0 Å². The van der Waals surface area contributed by atoms with Crippen molar-refractivity contribution in [1.82, 2.24) is 9.80 Å². The molecule has 29 heavy (non-hydrogen) atoms. The van der Waals surface area contributed by atoms with E-state index in [4.69, 9.17) is 0 Å². The summed E-state index contributed by atoms with van der Waals surface area (Å²) >= 11 is 0. The number of nitrogens with zero attached hydrogens (tertiary/aromatic N) is 6. The van der Waals surface area contributed by atoms with Gasteiger partial charge in [0, 0.05) is 60.4 Å². The summed E-state index contributed by atoms with van der Waals surface area (Å²) in [6, 6.07) is 12.4. The van der Waals surface area contributed by atoms with Gasteiger partial charge in [0.25, 0.3) is 11.4 Å². The molecular weight excluding hydrogens is 376 g/mol. The van der Waals surface area contributed by atoms with E-state index in [1.165, 1.54) is 24.3 Å². The normalized spacial score (nSPS) is 15.4. The molecule has 0 aliphatic carbocycles. The van der Waals surface area contributed by atoms with Crippen LogP contribution in [0.5, 0.6) is 0 Å². The maximum atomic E-state index is 10.8. The second-order valence-corrected chi connectivity index (χ2v) is 6.16. The van der Waals surface area contributed by atoms with Crippen molar-refractivity contribution in [3.63, 3.8) is 0 Å². The van der Waals surface area contributed by atoms with E-state index >= 15 is 0 Å². The average Bonchev–Trinajstić information content (AvgIpc) is 3.38. The van der Waals surface area contributed by atoms with Gasteiger partial charge in [-0.15, -0.1) is 0 Å². The molecule has 2 aliphatic rings. The highest BCUT2D eigenvalue weighted by Gasteiger charge is 2.22. The number of nitro groups is 2. The SMILES string of the molecule is O=[N+]([O-])c1ccc(N2[C]N(CN3[C]N(c4ccc([N+](=O)[O-])cc4)C=C3)C=C2)cc1. The van der Waals surface area contributed by atoms with Crippen molar-refractivity contribution < 1.29 is 9.85 Å². The van der Waals surface area contributed by atoms with Crippen LogP contribution >= 0.6 is 0 Å². The molecule has 4 radical (unpaired) electrons. The summed E-state index contributed by atoms with van der Waals surface area (Å²) in [6.07, 6.45) is 7.25. The number of benzene rings is 2. The van der Waals surface area contributed by atoms with Crippen LogP contribution in [0.2, 0.25) is 0 Å². The summed E-state index contributed by atoms with van der Waals surface area (Å²) in [5.41, 5.74) is 1.58. The Morgan fingerprint density at radius 3 is 1.38 bits per heavy atom. The van der Waals surface area contributed by atoms with Crippen molar-refractivity contribution in [3.8, 4) is 0 Å². The molecule has 0 saturated carbocycles. The minimum Gasteiger partial charge on any atom is -0.328 e. The fourth-order valence-corrected chi connectivity index (χ4v) is 2.78. The monoisotopic (exact) mass is 390 g/mol. The maximum absolute atomic E-state index is 10.8. The molecule has 2 aromatic carbocycles. The lowest BCUT2D eigenvalue weighted by molar-refractivity contribution is -0.385. The molecule has 0 spiro atoms. The van der Waals surface area contributed by atoms with Gasteiger partial charge in [-0.1, -0.05) is 0 Å².